The van der Waals surface area contributed by atoms with Gasteiger partial charge in [-0.05, 0) is 31.6 Å². The van der Waals surface area contributed by atoms with Crippen molar-refractivity contribution >= 4 is 39.5 Å². The Labute approximate surface area is 619 Å². The zero-order valence-electron chi connectivity index (χ0n) is 66.1. The number of unbranched alkanes of at least 4 members (excludes halogenated alkanes) is 54. The van der Waals surface area contributed by atoms with Crippen molar-refractivity contribution in [3.05, 3.63) is 0 Å². The molecule has 0 saturated carbocycles. The average molecular weight is 1480 g/mol. The number of aliphatic hydroxyl groups excluding tert-OH is 1. The molecule has 0 aromatic carbocycles. The number of aliphatic hydroxyl groups is 1. The van der Waals surface area contributed by atoms with Gasteiger partial charge >= 0.3 is 39.5 Å². The molecular weight excluding hydrogens is 1320 g/mol. The van der Waals surface area contributed by atoms with Crippen molar-refractivity contribution in [2.24, 2.45) is 5.92 Å². The second kappa shape index (κ2) is 74.9. The summed E-state index contributed by atoms with van der Waals surface area (Å²) in [6.07, 6.45) is 66.8. The van der Waals surface area contributed by atoms with Crippen molar-refractivity contribution in [3.8, 4) is 0 Å². The van der Waals surface area contributed by atoms with E-state index in [2.05, 4.69) is 34.6 Å². The van der Waals surface area contributed by atoms with Crippen molar-refractivity contribution in [1.29, 1.82) is 0 Å². The molecule has 17 nitrogen and oxygen atoms in total. The maximum absolute atomic E-state index is 13.1. The SMILES string of the molecule is CCCCCCCCCCCCCCCCCCCCCC(=O)O[C@H](COC(=O)CCCCCCCCCCCCCCCCCC(C)C)COP(=O)(O)OC[C@@H](O)COP(=O)(O)OC[C@@H](COC(=O)CCCCCCCCC)OC(=O)CCCCCCCCCCCCCCCCCCC. The lowest BCUT2D eigenvalue weighted by atomic mass is 10.0. The average Bonchev–Trinajstić information content (AvgIpc) is 0.961. The minimum atomic E-state index is -4.96. The quantitative estimate of drug-likeness (QED) is 0.0222. The van der Waals surface area contributed by atoms with Crippen molar-refractivity contribution in [2.45, 2.75) is 457 Å². The largest absolute Gasteiger partial charge is 0.472 e. The van der Waals surface area contributed by atoms with E-state index in [-0.39, 0.29) is 25.7 Å². The minimum Gasteiger partial charge on any atom is -0.462 e. The summed E-state index contributed by atoms with van der Waals surface area (Å²) in [5.74, 6) is -1.30. The van der Waals surface area contributed by atoms with Crippen LogP contribution in [0.1, 0.15) is 439 Å². The van der Waals surface area contributed by atoms with E-state index in [1.807, 2.05) is 0 Å². The topological polar surface area (TPSA) is 237 Å². The van der Waals surface area contributed by atoms with Crippen LogP contribution in [-0.4, -0.2) is 96.7 Å². The predicted octanol–water partition coefficient (Wildman–Crippen LogP) is 24.8. The smallest absolute Gasteiger partial charge is 0.462 e. The summed E-state index contributed by atoms with van der Waals surface area (Å²) in [4.78, 5) is 72.9. The molecule has 0 rings (SSSR count). The third-order valence-electron chi connectivity index (χ3n) is 19.3. The molecule has 0 amide bonds. The van der Waals surface area contributed by atoms with Crippen LogP contribution in [0.3, 0.4) is 0 Å². The van der Waals surface area contributed by atoms with E-state index < -0.39 is 97.5 Å². The van der Waals surface area contributed by atoms with Crippen LogP contribution in [0.15, 0.2) is 0 Å². The zero-order valence-corrected chi connectivity index (χ0v) is 67.8. The van der Waals surface area contributed by atoms with E-state index in [0.29, 0.717) is 25.7 Å². The Bertz CT molecular complexity index is 1930. The second-order valence-corrected chi connectivity index (χ2v) is 32.9. The number of hydrogen-bond donors (Lipinski definition) is 3. The van der Waals surface area contributed by atoms with Crippen molar-refractivity contribution in [3.63, 3.8) is 0 Å². The first-order valence-corrected chi connectivity index (χ1v) is 45.6. The summed E-state index contributed by atoms with van der Waals surface area (Å²) >= 11 is 0. The number of ether oxygens (including phenoxy) is 4. The first kappa shape index (κ1) is 99.1. The molecule has 600 valence electrons. The summed E-state index contributed by atoms with van der Waals surface area (Å²) in [5.41, 5.74) is 0. The minimum absolute atomic E-state index is 0.108. The van der Waals surface area contributed by atoms with Gasteiger partial charge in [-0.1, -0.05) is 388 Å². The van der Waals surface area contributed by atoms with Crippen molar-refractivity contribution in [1.82, 2.24) is 0 Å². The first-order valence-electron chi connectivity index (χ1n) is 42.6. The molecule has 0 aromatic rings. The molecule has 0 aliphatic heterocycles. The second-order valence-electron chi connectivity index (χ2n) is 30.0. The van der Waals surface area contributed by atoms with E-state index >= 15 is 0 Å². The molecular formula is C82H160O17P2. The van der Waals surface area contributed by atoms with Gasteiger partial charge in [0.25, 0.3) is 0 Å². The van der Waals surface area contributed by atoms with E-state index in [9.17, 15) is 43.2 Å². The Kier molecular flexibility index (Phi) is 73.5. The van der Waals surface area contributed by atoms with Gasteiger partial charge in [0.1, 0.15) is 19.3 Å². The molecule has 3 N–H and O–H groups in total. The fraction of sp³-hybridized carbons (Fsp3) is 0.951. The zero-order chi connectivity index (χ0) is 74.1. The molecule has 0 aromatic heterocycles. The molecule has 5 atom stereocenters. The van der Waals surface area contributed by atoms with Crippen molar-refractivity contribution < 1.29 is 80.2 Å². The third-order valence-corrected chi connectivity index (χ3v) is 21.2. The molecule has 0 fully saturated rings. The standard InChI is InChI=1S/C82H160O17P2/c1-6-9-12-15-18-20-22-24-26-28-29-31-35-40-44-48-53-58-63-68-82(87)99-78(72-93-80(85)66-61-56-51-46-42-38-36-32-33-37-41-45-50-54-59-64-75(4)5)74-97-101(90,91)95-70-76(83)69-94-100(88,89)96-73-77(71-92-79(84)65-60-55-49-17-14-11-8-3)98-81(86)67-62-57-52-47-43-39-34-30-27-25-23-21-19-16-13-10-7-2/h75-78,83H,6-74H2,1-5H3,(H,88,89)(H,90,91)/t76-,77+,78+/m0/s1. The molecule has 101 heavy (non-hydrogen) atoms. The number of carbonyl (C=O) groups excluding carboxylic acids is 4. The number of esters is 4. The molecule has 19 heteroatoms. The van der Waals surface area contributed by atoms with E-state index in [0.717, 1.165) is 109 Å². The maximum Gasteiger partial charge on any atom is 0.472 e. The summed E-state index contributed by atoms with van der Waals surface area (Å²) in [5, 5.41) is 10.6. The fourth-order valence-electron chi connectivity index (χ4n) is 12.8. The van der Waals surface area contributed by atoms with Crippen LogP contribution >= 0.6 is 15.6 Å². The Hall–Kier alpha value is -1.94. The van der Waals surface area contributed by atoms with Gasteiger partial charge < -0.3 is 33.8 Å². The fourth-order valence-corrected chi connectivity index (χ4v) is 14.3. The first-order chi connectivity index (χ1) is 49.0. The molecule has 0 radical (unpaired) electrons. The molecule has 0 spiro atoms. The normalized spacial score (nSPS) is 13.8. The number of carbonyl (C=O) groups is 4. The lowest BCUT2D eigenvalue weighted by Crippen LogP contribution is -2.30. The van der Waals surface area contributed by atoms with E-state index in [4.69, 9.17) is 37.0 Å². The highest BCUT2D eigenvalue weighted by atomic mass is 31.2. The third kappa shape index (κ3) is 76.1. The van der Waals surface area contributed by atoms with Gasteiger partial charge in [-0.2, -0.15) is 0 Å². The summed E-state index contributed by atoms with van der Waals surface area (Å²) in [6.45, 7) is 7.33. The van der Waals surface area contributed by atoms with Gasteiger partial charge in [-0.25, -0.2) is 9.13 Å². The van der Waals surface area contributed by atoms with Crippen LogP contribution in [0.25, 0.3) is 0 Å². The van der Waals surface area contributed by atoms with Crippen molar-refractivity contribution in [2.75, 3.05) is 39.6 Å². The Morgan fingerprint density at radius 3 is 0.673 bits per heavy atom. The lowest BCUT2D eigenvalue weighted by molar-refractivity contribution is -0.161. The summed E-state index contributed by atoms with van der Waals surface area (Å²) in [7, 11) is -9.91. The van der Waals surface area contributed by atoms with Gasteiger partial charge in [-0.3, -0.25) is 37.3 Å². The molecule has 0 heterocycles. The molecule has 0 aliphatic carbocycles. The summed E-state index contributed by atoms with van der Waals surface area (Å²) < 4.78 is 68.7. The van der Waals surface area contributed by atoms with Crippen LogP contribution < -0.4 is 0 Å². The lowest BCUT2D eigenvalue weighted by Gasteiger charge is -2.21. The Morgan fingerprint density at radius 1 is 0.267 bits per heavy atom. The number of hydrogen-bond acceptors (Lipinski definition) is 15. The van der Waals surface area contributed by atoms with E-state index in [1.54, 1.807) is 0 Å². The molecule has 0 saturated heterocycles. The van der Waals surface area contributed by atoms with Crippen LogP contribution in [0.2, 0.25) is 0 Å². The summed E-state index contributed by atoms with van der Waals surface area (Å²) in [6, 6.07) is 0. The highest BCUT2D eigenvalue weighted by molar-refractivity contribution is 7.47. The van der Waals surface area contributed by atoms with Crippen LogP contribution in [-0.2, 0) is 65.4 Å². The maximum atomic E-state index is 13.1. The molecule has 2 unspecified atom stereocenters. The van der Waals surface area contributed by atoms with Gasteiger partial charge in [0, 0.05) is 25.7 Å². The van der Waals surface area contributed by atoms with Crippen LogP contribution in [0.4, 0.5) is 0 Å². The Morgan fingerprint density at radius 2 is 0.455 bits per heavy atom. The highest BCUT2D eigenvalue weighted by Crippen LogP contribution is 2.45. The molecule has 0 bridgehead atoms. The van der Waals surface area contributed by atoms with Gasteiger partial charge in [-0.15, -0.1) is 0 Å². The number of phosphoric ester groups is 2. The number of rotatable bonds is 82. The van der Waals surface area contributed by atoms with Gasteiger partial charge in [0.15, 0.2) is 12.2 Å². The van der Waals surface area contributed by atoms with Gasteiger partial charge in [0.05, 0.1) is 26.4 Å². The van der Waals surface area contributed by atoms with Crippen LogP contribution in [0, 0.1) is 5.92 Å². The number of phosphoric acid groups is 2. The molecule has 0 aliphatic rings. The Balaban J connectivity index is 5.17. The predicted molar refractivity (Wildman–Crippen MR) is 414 cm³/mol. The van der Waals surface area contributed by atoms with E-state index in [1.165, 1.54) is 250 Å². The van der Waals surface area contributed by atoms with Gasteiger partial charge in [0.2, 0.25) is 0 Å². The van der Waals surface area contributed by atoms with Crippen LogP contribution in [0.5, 0.6) is 0 Å². The highest BCUT2D eigenvalue weighted by Gasteiger charge is 2.30. The monoisotopic (exact) mass is 1480 g/mol.